The molecule has 0 atom stereocenters. The molecule has 0 saturated heterocycles. The van der Waals surface area contributed by atoms with Gasteiger partial charge in [0.1, 0.15) is 17.5 Å². The SMILES string of the molecule is Cc1nc(C)n(CCCC(=O)Nc2cc(N)ccc2F)n1. The van der Waals surface area contributed by atoms with Crippen molar-refractivity contribution in [2.45, 2.75) is 33.2 Å². The molecule has 0 radical (unpaired) electrons. The lowest BCUT2D eigenvalue weighted by molar-refractivity contribution is -0.116. The summed E-state index contributed by atoms with van der Waals surface area (Å²) in [7, 11) is 0. The summed E-state index contributed by atoms with van der Waals surface area (Å²) >= 11 is 0. The Labute approximate surface area is 122 Å². The first-order chi connectivity index (χ1) is 9.95. The highest BCUT2D eigenvalue weighted by Gasteiger charge is 2.08. The van der Waals surface area contributed by atoms with Gasteiger partial charge in [-0.05, 0) is 38.5 Å². The molecule has 0 bridgehead atoms. The first-order valence-electron chi connectivity index (χ1n) is 6.68. The zero-order valence-electron chi connectivity index (χ0n) is 12.1. The minimum absolute atomic E-state index is 0.104. The number of carbonyl (C=O) groups is 1. The van der Waals surface area contributed by atoms with Gasteiger partial charge in [-0.15, -0.1) is 0 Å². The molecule has 0 saturated carbocycles. The molecule has 1 heterocycles. The lowest BCUT2D eigenvalue weighted by Gasteiger charge is -2.07. The minimum Gasteiger partial charge on any atom is -0.399 e. The van der Waals surface area contributed by atoms with Crippen LogP contribution in [0, 0.1) is 19.7 Å². The van der Waals surface area contributed by atoms with Gasteiger partial charge < -0.3 is 11.1 Å². The summed E-state index contributed by atoms with van der Waals surface area (Å²) in [5.74, 6) is 0.767. The van der Waals surface area contributed by atoms with Crippen molar-refractivity contribution >= 4 is 17.3 Å². The highest BCUT2D eigenvalue weighted by Crippen LogP contribution is 2.17. The number of halogens is 1. The smallest absolute Gasteiger partial charge is 0.224 e. The Balaban J connectivity index is 1.85. The van der Waals surface area contributed by atoms with Crippen LogP contribution in [0.3, 0.4) is 0 Å². The van der Waals surface area contributed by atoms with Crippen molar-refractivity contribution in [3.8, 4) is 0 Å². The molecule has 6 nitrogen and oxygen atoms in total. The maximum Gasteiger partial charge on any atom is 0.224 e. The van der Waals surface area contributed by atoms with E-state index in [4.69, 9.17) is 5.73 Å². The molecule has 2 aromatic rings. The van der Waals surface area contributed by atoms with Crippen molar-refractivity contribution in [3.05, 3.63) is 35.7 Å². The van der Waals surface area contributed by atoms with Crippen LogP contribution in [0.2, 0.25) is 0 Å². The van der Waals surface area contributed by atoms with Crippen LogP contribution in [0.15, 0.2) is 18.2 Å². The van der Waals surface area contributed by atoms with E-state index in [0.29, 0.717) is 24.5 Å². The first-order valence-corrected chi connectivity index (χ1v) is 6.68. The van der Waals surface area contributed by atoms with E-state index >= 15 is 0 Å². The van der Waals surface area contributed by atoms with Crippen molar-refractivity contribution < 1.29 is 9.18 Å². The molecular formula is C14H18FN5O. The Morgan fingerprint density at radius 2 is 2.19 bits per heavy atom. The van der Waals surface area contributed by atoms with Crippen LogP contribution in [-0.4, -0.2) is 20.7 Å². The third kappa shape index (κ3) is 4.01. The average Bonchev–Trinajstić information content (AvgIpc) is 2.72. The Bertz CT molecular complexity index is 653. The normalized spacial score (nSPS) is 10.6. The molecule has 3 N–H and O–H groups in total. The second-order valence-electron chi connectivity index (χ2n) is 4.82. The standard InChI is InChI=1S/C14H18FN5O/c1-9-17-10(2)20(19-9)7-3-4-14(21)18-13-8-11(16)5-6-12(13)15/h5-6,8H,3-4,7,16H2,1-2H3,(H,18,21). The van der Waals surface area contributed by atoms with Crippen molar-refractivity contribution in [2.75, 3.05) is 11.1 Å². The Hall–Kier alpha value is -2.44. The molecule has 0 aliphatic carbocycles. The molecule has 1 amide bonds. The van der Waals surface area contributed by atoms with E-state index < -0.39 is 5.82 Å². The Kier molecular flexibility index (Phi) is 4.52. The molecule has 1 aromatic heterocycles. The van der Waals surface area contributed by atoms with Crippen molar-refractivity contribution in [1.82, 2.24) is 14.8 Å². The van der Waals surface area contributed by atoms with Crippen LogP contribution in [0.1, 0.15) is 24.5 Å². The minimum atomic E-state index is -0.500. The molecule has 0 aliphatic heterocycles. The number of rotatable bonds is 5. The number of hydrogen-bond acceptors (Lipinski definition) is 4. The number of nitrogens with two attached hydrogens (primary N) is 1. The van der Waals surface area contributed by atoms with Gasteiger partial charge >= 0.3 is 0 Å². The molecule has 1 aromatic carbocycles. The number of benzene rings is 1. The molecule has 2 rings (SSSR count). The first kappa shape index (κ1) is 15.0. The highest BCUT2D eigenvalue weighted by atomic mass is 19.1. The fourth-order valence-electron chi connectivity index (χ4n) is 2.01. The second-order valence-corrected chi connectivity index (χ2v) is 4.82. The zero-order chi connectivity index (χ0) is 15.4. The van der Waals surface area contributed by atoms with E-state index in [1.165, 1.54) is 18.2 Å². The van der Waals surface area contributed by atoms with Gasteiger partial charge in [-0.2, -0.15) is 5.10 Å². The number of amides is 1. The Morgan fingerprint density at radius 1 is 1.43 bits per heavy atom. The number of aromatic nitrogens is 3. The zero-order valence-corrected chi connectivity index (χ0v) is 12.1. The van der Waals surface area contributed by atoms with Gasteiger partial charge in [0.2, 0.25) is 5.91 Å². The summed E-state index contributed by atoms with van der Waals surface area (Å²) in [6, 6.07) is 4.07. The van der Waals surface area contributed by atoms with E-state index in [9.17, 15) is 9.18 Å². The fourth-order valence-corrected chi connectivity index (χ4v) is 2.01. The lowest BCUT2D eigenvalue weighted by Crippen LogP contribution is -2.14. The Morgan fingerprint density at radius 3 is 2.86 bits per heavy atom. The molecule has 0 unspecified atom stereocenters. The molecule has 21 heavy (non-hydrogen) atoms. The van der Waals surface area contributed by atoms with Gasteiger partial charge in [-0.3, -0.25) is 9.48 Å². The molecule has 7 heteroatoms. The van der Waals surface area contributed by atoms with Gasteiger partial charge in [0.05, 0.1) is 5.69 Å². The van der Waals surface area contributed by atoms with E-state index in [0.717, 1.165) is 5.82 Å². The van der Waals surface area contributed by atoms with Gasteiger partial charge in [-0.1, -0.05) is 0 Å². The predicted octanol–water partition coefficient (Wildman–Crippen LogP) is 2.04. The third-order valence-electron chi connectivity index (χ3n) is 3.00. The summed E-state index contributed by atoms with van der Waals surface area (Å²) < 4.78 is 15.2. The number of nitrogens with one attached hydrogen (secondary N) is 1. The van der Waals surface area contributed by atoms with Crippen LogP contribution in [-0.2, 0) is 11.3 Å². The maximum atomic E-state index is 13.5. The van der Waals surface area contributed by atoms with Gasteiger partial charge in [0, 0.05) is 18.7 Å². The summed E-state index contributed by atoms with van der Waals surface area (Å²) in [6.07, 6.45) is 0.867. The second kappa shape index (κ2) is 6.34. The van der Waals surface area contributed by atoms with Crippen LogP contribution < -0.4 is 11.1 Å². The highest BCUT2D eigenvalue weighted by molar-refractivity contribution is 5.91. The van der Waals surface area contributed by atoms with Gasteiger partial charge in [0.25, 0.3) is 0 Å². The van der Waals surface area contributed by atoms with Crippen molar-refractivity contribution in [3.63, 3.8) is 0 Å². The van der Waals surface area contributed by atoms with E-state index in [1.54, 1.807) is 4.68 Å². The lowest BCUT2D eigenvalue weighted by atomic mass is 10.2. The number of nitrogens with zero attached hydrogens (tertiary/aromatic N) is 3. The van der Waals surface area contributed by atoms with Crippen molar-refractivity contribution in [1.29, 1.82) is 0 Å². The average molecular weight is 291 g/mol. The summed E-state index contributed by atoms with van der Waals surface area (Å²) in [5, 5.41) is 6.73. The quantitative estimate of drug-likeness (QED) is 0.825. The summed E-state index contributed by atoms with van der Waals surface area (Å²) in [4.78, 5) is 16.0. The summed E-state index contributed by atoms with van der Waals surface area (Å²) in [6.45, 7) is 4.28. The molecule has 0 aliphatic rings. The van der Waals surface area contributed by atoms with Crippen LogP contribution in [0.25, 0.3) is 0 Å². The predicted molar refractivity (Wildman–Crippen MR) is 78.2 cm³/mol. The van der Waals surface area contributed by atoms with E-state index in [1.807, 2.05) is 13.8 Å². The monoisotopic (exact) mass is 291 g/mol. The molecule has 0 spiro atoms. The maximum absolute atomic E-state index is 13.5. The number of carbonyl (C=O) groups excluding carboxylic acids is 1. The number of hydrogen-bond donors (Lipinski definition) is 2. The summed E-state index contributed by atoms with van der Waals surface area (Å²) in [5.41, 5.74) is 6.07. The molecule has 0 fully saturated rings. The van der Waals surface area contributed by atoms with E-state index in [-0.39, 0.29) is 18.0 Å². The fraction of sp³-hybridized carbons (Fsp3) is 0.357. The topological polar surface area (TPSA) is 85.8 Å². The van der Waals surface area contributed by atoms with Gasteiger partial charge in [0.15, 0.2) is 0 Å². The van der Waals surface area contributed by atoms with Crippen LogP contribution >= 0.6 is 0 Å². The molecule has 112 valence electrons. The van der Waals surface area contributed by atoms with Gasteiger partial charge in [-0.25, -0.2) is 9.37 Å². The molecular weight excluding hydrogens is 273 g/mol. The number of aryl methyl sites for hydroxylation is 3. The number of anilines is 2. The van der Waals surface area contributed by atoms with E-state index in [2.05, 4.69) is 15.4 Å². The van der Waals surface area contributed by atoms with Crippen LogP contribution in [0.4, 0.5) is 15.8 Å². The third-order valence-corrected chi connectivity index (χ3v) is 3.00. The number of nitrogen functional groups attached to an aromatic ring is 1. The van der Waals surface area contributed by atoms with Crippen molar-refractivity contribution in [2.24, 2.45) is 0 Å². The largest absolute Gasteiger partial charge is 0.399 e. The van der Waals surface area contributed by atoms with Crippen LogP contribution in [0.5, 0.6) is 0 Å².